The topological polar surface area (TPSA) is 86.8 Å². The molecule has 0 saturated heterocycles. The molecular weight excluding hydrogens is 509 g/mol. The van der Waals surface area contributed by atoms with Crippen LogP contribution in [0.4, 0.5) is 5.69 Å². The third-order valence-corrected chi connectivity index (χ3v) is 7.06. The molecule has 0 saturated carbocycles. The van der Waals surface area contributed by atoms with E-state index in [0.717, 1.165) is 17.0 Å². The van der Waals surface area contributed by atoms with Crippen molar-refractivity contribution in [3.05, 3.63) is 63.1 Å². The van der Waals surface area contributed by atoms with Gasteiger partial charge in [0.2, 0.25) is 21.8 Å². The lowest BCUT2D eigenvalue weighted by molar-refractivity contribution is -0.139. The Hall–Kier alpha value is -2.00. The van der Waals surface area contributed by atoms with E-state index in [4.69, 9.17) is 34.8 Å². The molecule has 11 heteroatoms. The normalized spacial score (nSPS) is 12.2. The summed E-state index contributed by atoms with van der Waals surface area (Å²) in [6.45, 7) is 3.26. The molecule has 180 valence electrons. The number of carbonyl (C=O) groups is 2. The van der Waals surface area contributed by atoms with Gasteiger partial charge in [-0.15, -0.1) is 0 Å². The number of anilines is 1. The molecule has 7 nitrogen and oxygen atoms in total. The second-order valence-corrected chi connectivity index (χ2v) is 10.5. The van der Waals surface area contributed by atoms with Crippen LogP contribution < -0.4 is 9.62 Å². The van der Waals surface area contributed by atoms with Gasteiger partial charge in [-0.3, -0.25) is 13.9 Å². The number of carbonyl (C=O) groups excluding carboxylic acids is 2. The lowest BCUT2D eigenvalue weighted by Crippen LogP contribution is -2.51. The lowest BCUT2D eigenvalue weighted by Gasteiger charge is -2.32. The Morgan fingerprint density at radius 2 is 1.58 bits per heavy atom. The maximum absolute atomic E-state index is 13.4. The highest BCUT2D eigenvalue weighted by Crippen LogP contribution is 2.29. The summed E-state index contributed by atoms with van der Waals surface area (Å²) in [5.74, 6) is -0.993. The van der Waals surface area contributed by atoms with E-state index in [0.29, 0.717) is 22.2 Å². The van der Waals surface area contributed by atoms with Gasteiger partial charge in [0.1, 0.15) is 12.6 Å². The third kappa shape index (κ3) is 7.24. The summed E-state index contributed by atoms with van der Waals surface area (Å²) >= 11 is 18.8. The Kier molecular flexibility index (Phi) is 9.84. The number of halogens is 3. The molecule has 2 amide bonds. The lowest BCUT2D eigenvalue weighted by atomic mass is 10.1. The number of hydrogen-bond acceptors (Lipinski definition) is 4. The van der Waals surface area contributed by atoms with Crippen molar-refractivity contribution in [2.75, 3.05) is 23.7 Å². The molecular formula is C22H26Cl3N3O4S. The molecule has 0 fully saturated rings. The minimum atomic E-state index is -3.87. The first-order chi connectivity index (χ1) is 15.5. The number of amides is 2. The third-order valence-electron chi connectivity index (χ3n) is 4.91. The summed E-state index contributed by atoms with van der Waals surface area (Å²) in [4.78, 5) is 27.4. The molecule has 1 unspecified atom stereocenters. The minimum Gasteiger partial charge on any atom is -0.354 e. The zero-order valence-corrected chi connectivity index (χ0v) is 21.6. The van der Waals surface area contributed by atoms with Gasteiger partial charge in [0.05, 0.1) is 17.0 Å². The van der Waals surface area contributed by atoms with E-state index in [1.165, 1.54) is 17.0 Å². The smallest absolute Gasteiger partial charge is 0.244 e. The van der Waals surface area contributed by atoms with Crippen LogP contribution in [0.5, 0.6) is 0 Å². The van der Waals surface area contributed by atoms with Crippen molar-refractivity contribution in [1.82, 2.24) is 10.2 Å². The van der Waals surface area contributed by atoms with E-state index in [1.807, 2.05) is 6.92 Å². The first-order valence-corrected chi connectivity index (χ1v) is 13.2. The van der Waals surface area contributed by atoms with Crippen molar-refractivity contribution in [3.63, 3.8) is 0 Å². The van der Waals surface area contributed by atoms with Crippen molar-refractivity contribution >= 4 is 62.3 Å². The average molecular weight is 535 g/mol. The van der Waals surface area contributed by atoms with Gasteiger partial charge < -0.3 is 10.2 Å². The standard InChI is InChI=1S/C22H26Cl3N3O4S/c1-4-12-26-22(30)15(2)27(13-16-17(23)9-7-10-18(16)24)21(29)14-28(33(3,31)32)20-11-6-5-8-19(20)25/h5-11,15H,4,12-14H2,1-3H3,(H,26,30). The van der Waals surface area contributed by atoms with Crippen LogP contribution in [0, 0.1) is 0 Å². The zero-order valence-electron chi connectivity index (χ0n) is 18.5. The fourth-order valence-electron chi connectivity index (χ4n) is 3.08. The van der Waals surface area contributed by atoms with Crippen LogP contribution in [-0.2, 0) is 26.2 Å². The van der Waals surface area contributed by atoms with Crippen LogP contribution in [0.15, 0.2) is 42.5 Å². The predicted octanol–water partition coefficient (Wildman–Crippen LogP) is 4.36. The second-order valence-electron chi connectivity index (χ2n) is 7.41. The van der Waals surface area contributed by atoms with Gasteiger partial charge >= 0.3 is 0 Å². The number of rotatable bonds is 10. The van der Waals surface area contributed by atoms with Gasteiger partial charge in [-0.2, -0.15) is 0 Å². The van der Waals surface area contributed by atoms with E-state index >= 15 is 0 Å². The largest absolute Gasteiger partial charge is 0.354 e. The minimum absolute atomic E-state index is 0.0851. The van der Waals surface area contributed by atoms with Crippen LogP contribution in [-0.4, -0.2) is 50.5 Å². The van der Waals surface area contributed by atoms with Gasteiger partial charge in [-0.1, -0.05) is 59.9 Å². The van der Waals surface area contributed by atoms with Gasteiger partial charge in [0.15, 0.2) is 0 Å². The number of nitrogens with one attached hydrogen (secondary N) is 1. The molecule has 2 aromatic carbocycles. The number of sulfonamides is 1. The number of benzene rings is 2. The average Bonchev–Trinajstić information content (AvgIpc) is 2.75. The fourth-order valence-corrected chi connectivity index (χ4v) is 4.75. The van der Waals surface area contributed by atoms with E-state index in [9.17, 15) is 18.0 Å². The highest BCUT2D eigenvalue weighted by Gasteiger charge is 2.31. The molecule has 0 bridgehead atoms. The van der Waals surface area contributed by atoms with Crippen molar-refractivity contribution < 1.29 is 18.0 Å². The van der Waals surface area contributed by atoms with Crippen LogP contribution in [0.25, 0.3) is 0 Å². The van der Waals surface area contributed by atoms with Crippen molar-refractivity contribution in [2.24, 2.45) is 0 Å². The summed E-state index contributed by atoms with van der Waals surface area (Å²) < 4.78 is 26.0. The van der Waals surface area contributed by atoms with Gasteiger partial charge in [-0.05, 0) is 37.6 Å². The van der Waals surface area contributed by atoms with E-state index in [2.05, 4.69) is 5.32 Å². The Balaban J connectivity index is 2.45. The molecule has 0 radical (unpaired) electrons. The van der Waals surface area contributed by atoms with Crippen LogP contribution in [0.1, 0.15) is 25.8 Å². The van der Waals surface area contributed by atoms with Crippen LogP contribution >= 0.6 is 34.8 Å². The molecule has 0 aliphatic rings. The number of para-hydroxylation sites is 1. The Bertz CT molecular complexity index is 1090. The van der Waals surface area contributed by atoms with E-state index in [-0.39, 0.29) is 23.2 Å². The molecule has 1 N–H and O–H groups in total. The first kappa shape index (κ1) is 27.2. The summed E-state index contributed by atoms with van der Waals surface area (Å²) in [5.41, 5.74) is 0.613. The summed E-state index contributed by atoms with van der Waals surface area (Å²) in [5, 5.41) is 3.58. The molecule has 0 aliphatic carbocycles. The van der Waals surface area contributed by atoms with Gasteiger partial charge in [-0.25, -0.2) is 8.42 Å². The first-order valence-electron chi connectivity index (χ1n) is 10.2. The maximum atomic E-state index is 13.4. The molecule has 0 spiro atoms. The quantitative estimate of drug-likeness (QED) is 0.491. The Morgan fingerprint density at radius 1 is 1.00 bits per heavy atom. The summed E-state index contributed by atoms with van der Waals surface area (Å²) in [6.07, 6.45) is 1.70. The predicted molar refractivity (Wildman–Crippen MR) is 133 cm³/mol. The highest BCUT2D eigenvalue weighted by atomic mass is 35.5. The maximum Gasteiger partial charge on any atom is 0.244 e. The molecule has 1 atom stereocenters. The molecule has 0 aliphatic heterocycles. The van der Waals surface area contributed by atoms with Crippen LogP contribution in [0.3, 0.4) is 0 Å². The molecule has 33 heavy (non-hydrogen) atoms. The van der Waals surface area contributed by atoms with Gasteiger partial charge in [0, 0.05) is 28.7 Å². The Labute approximate surface area is 209 Å². The summed E-state index contributed by atoms with van der Waals surface area (Å²) in [6, 6.07) is 10.3. The SMILES string of the molecule is CCCNC(=O)C(C)N(Cc1c(Cl)cccc1Cl)C(=O)CN(c1ccccc1Cl)S(C)(=O)=O. The van der Waals surface area contributed by atoms with Crippen LogP contribution in [0.2, 0.25) is 15.1 Å². The van der Waals surface area contributed by atoms with Crippen molar-refractivity contribution in [1.29, 1.82) is 0 Å². The molecule has 0 heterocycles. The Morgan fingerprint density at radius 3 is 2.12 bits per heavy atom. The zero-order chi connectivity index (χ0) is 24.8. The van der Waals surface area contributed by atoms with Gasteiger partial charge in [0.25, 0.3) is 0 Å². The molecule has 0 aromatic heterocycles. The number of nitrogens with zero attached hydrogens (tertiary/aromatic N) is 2. The summed E-state index contributed by atoms with van der Waals surface area (Å²) in [7, 11) is -3.87. The molecule has 2 rings (SSSR count). The monoisotopic (exact) mass is 533 g/mol. The highest BCUT2D eigenvalue weighted by molar-refractivity contribution is 7.92. The van der Waals surface area contributed by atoms with E-state index in [1.54, 1.807) is 37.3 Å². The second kappa shape index (κ2) is 11.9. The van der Waals surface area contributed by atoms with Crippen molar-refractivity contribution in [2.45, 2.75) is 32.9 Å². The van der Waals surface area contributed by atoms with Crippen molar-refractivity contribution in [3.8, 4) is 0 Å². The van der Waals surface area contributed by atoms with E-state index < -0.39 is 28.5 Å². The fraction of sp³-hybridized carbons (Fsp3) is 0.364. The molecule has 2 aromatic rings. The number of hydrogen-bond donors (Lipinski definition) is 1.